The normalized spacial score (nSPS) is 11.5. The summed E-state index contributed by atoms with van der Waals surface area (Å²) in [5.74, 6) is -1.10. The van der Waals surface area contributed by atoms with Crippen LogP contribution in [0.5, 0.6) is 11.6 Å². The highest BCUT2D eigenvalue weighted by Gasteiger charge is 2.34. The fourth-order valence-corrected chi connectivity index (χ4v) is 2.59. The Morgan fingerprint density at radius 3 is 2.71 bits per heavy atom. The Kier molecular flexibility index (Phi) is 4.88. The summed E-state index contributed by atoms with van der Waals surface area (Å²) in [5, 5.41) is 14.7. The Balaban J connectivity index is 1.45. The van der Waals surface area contributed by atoms with E-state index in [0.717, 1.165) is 10.7 Å². The SMILES string of the molecule is Cn1nc(C(F)(F)F)cc1NC(=O)Nc1ccc(Oc2ncnc3[nH]ncc23)c(F)c1. The van der Waals surface area contributed by atoms with Gasteiger partial charge in [-0.2, -0.15) is 23.4 Å². The topological polar surface area (TPSA) is 123 Å². The van der Waals surface area contributed by atoms with Crippen LogP contribution in [0.15, 0.2) is 36.8 Å². The zero-order chi connectivity index (χ0) is 22.2. The van der Waals surface area contributed by atoms with E-state index in [2.05, 4.69) is 35.9 Å². The number of ether oxygens (including phenoxy) is 1. The van der Waals surface area contributed by atoms with E-state index in [1.807, 2.05) is 0 Å². The monoisotopic (exact) mass is 436 g/mol. The Morgan fingerprint density at radius 1 is 1.19 bits per heavy atom. The summed E-state index contributed by atoms with van der Waals surface area (Å²) in [4.78, 5) is 19.9. The number of hydrogen-bond donors (Lipinski definition) is 3. The molecule has 10 nitrogen and oxygen atoms in total. The average molecular weight is 436 g/mol. The van der Waals surface area contributed by atoms with Crippen LogP contribution in [-0.2, 0) is 13.2 Å². The van der Waals surface area contributed by atoms with Crippen LogP contribution >= 0.6 is 0 Å². The van der Waals surface area contributed by atoms with E-state index in [1.54, 1.807) is 0 Å². The zero-order valence-corrected chi connectivity index (χ0v) is 15.5. The third-order valence-corrected chi connectivity index (χ3v) is 4.02. The van der Waals surface area contributed by atoms with E-state index in [4.69, 9.17) is 4.74 Å². The summed E-state index contributed by atoms with van der Waals surface area (Å²) < 4.78 is 58.9. The number of alkyl halides is 3. The number of aromatic nitrogens is 6. The number of aryl methyl sites for hydroxylation is 1. The predicted molar refractivity (Wildman–Crippen MR) is 99.0 cm³/mol. The second kappa shape index (κ2) is 7.55. The molecule has 14 heteroatoms. The first-order valence-corrected chi connectivity index (χ1v) is 8.51. The Labute approximate surface area is 170 Å². The van der Waals surface area contributed by atoms with E-state index < -0.39 is 23.7 Å². The molecule has 0 atom stereocenters. The Hall–Kier alpha value is -4.23. The van der Waals surface area contributed by atoms with Crippen LogP contribution in [0, 0.1) is 5.82 Å². The minimum absolute atomic E-state index is 0.0386. The van der Waals surface area contributed by atoms with Crippen molar-refractivity contribution in [2.24, 2.45) is 7.05 Å². The number of aromatic amines is 1. The van der Waals surface area contributed by atoms with Crippen LogP contribution in [-0.4, -0.2) is 36.0 Å². The fraction of sp³-hybridized carbons (Fsp3) is 0.118. The van der Waals surface area contributed by atoms with Gasteiger partial charge in [-0.25, -0.2) is 19.2 Å². The van der Waals surface area contributed by atoms with Crippen molar-refractivity contribution in [3.05, 3.63) is 48.3 Å². The van der Waals surface area contributed by atoms with Gasteiger partial charge >= 0.3 is 12.2 Å². The molecule has 4 aromatic rings. The lowest BCUT2D eigenvalue weighted by Crippen LogP contribution is -2.21. The van der Waals surface area contributed by atoms with Gasteiger partial charge in [0.1, 0.15) is 17.5 Å². The van der Waals surface area contributed by atoms with Gasteiger partial charge in [0, 0.05) is 24.9 Å². The molecule has 2 amide bonds. The van der Waals surface area contributed by atoms with Crippen LogP contribution in [0.2, 0.25) is 0 Å². The molecule has 0 aliphatic heterocycles. The average Bonchev–Trinajstić information content (AvgIpc) is 3.31. The first-order chi connectivity index (χ1) is 14.7. The molecular formula is C17H12F4N8O2. The second-order valence-corrected chi connectivity index (χ2v) is 6.17. The highest BCUT2D eigenvalue weighted by molar-refractivity contribution is 5.99. The van der Waals surface area contributed by atoms with E-state index >= 15 is 0 Å². The maximum absolute atomic E-state index is 14.4. The number of urea groups is 1. The number of anilines is 2. The van der Waals surface area contributed by atoms with Crippen molar-refractivity contribution >= 4 is 28.6 Å². The van der Waals surface area contributed by atoms with E-state index in [9.17, 15) is 22.4 Å². The first kappa shape index (κ1) is 20.1. The smallest absolute Gasteiger partial charge is 0.435 e. The molecular weight excluding hydrogens is 424 g/mol. The van der Waals surface area contributed by atoms with Crippen molar-refractivity contribution in [1.82, 2.24) is 29.9 Å². The minimum Gasteiger partial charge on any atom is -0.435 e. The lowest BCUT2D eigenvalue weighted by molar-refractivity contribution is -0.141. The molecule has 0 bridgehead atoms. The second-order valence-electron chi connectivity index (χ2n) is 6.17. The number of H-pyrrole nitrogens is 1. The van der Waals surface area contributed by atoms with Crippen molar-refractivity contribution in [3.8, 4) is 11.6 Å². The van der Waals surface area contributed by atoms with Gasteiger partial charge in [0.05, 0.1) is 6.20 Å². The maximum Gasteiger partial charge on any atom is 0.435 e. The summed E-state index contributed by atoms with van der Waals surface area (Å²) in [5.41, 5.74) is -0.713. The molecule has 0 aliphatic carbocycles. The molecule has 0 spiro atoms. The van der Waals surface area contributed by atoms with Gasteiger partial charge < -0.3 is 10.1 Å². The number of nitrogens with one attached hydrogen (secondary N) is 3. The molecule has 3 N–H and O–H groups in total. The maximum atomic E-state index is 14.4. The molecule has 0 saturated carbocycles. The number of rotatable bonds is 4. The molecule has 0 saturated heterocycles. The number of nitrogens with zero attached hydrogens (tertiary/aromatic N) is 5. The van der Waals surface area contributed by atoms with Gasteiger partial charge in [0.15, 0.2) is 22.9 Å². The molecule has 0 fully saturated rings. The molecule has 31 heavy (non-hydrogen) atoms. The lowest BCUT2D eigenvalue weighted by atomic mass is 10.3. The number of carbonyl (C=O) groups is 1. The molecule has 3 aromatic heterocycles. The highest BCUT2D eigenvalue weighted by atomic mass is 19.4. The molecule has 0 unspecified atom stereocenters. The van der Waals surface area contributed by atoms with Crippen molar-refractivity contribution in [2.45, 2.75) is 6.18 Å². The highest BCUT2D eigenvalue weighted by Crippen LogP contribution is 2.30. The third-order valence-electron chi connectivity index (χ3n) is 4.02. The van der Waals surface area contributed by atoms with Crippen LogP contribution in [0.3, 0.4) is 0 Å². The summed E-state index contributed by atoms with van der Waals surface area (Å²) >= 11 is 0. The summed E-state index contributed by atoms with van der Waals surface area (Å²) in [7, 11) is 1.24. The number of halogens is 4. The largest absolute Gasteiger partial charge is 0.435 e. The van der Waals surface area contributed by atoms with Crippen LogP contribution in [0.4, 0.5) is 33.9 Å². The molecule has 160 valence electrons. The molecule has 0 radical (unpaired) electrons. The summed E-state index contributed by atoms with van der Waals surface area (Å²) in [6.45, 7) is 0. The first-order valence-electron chi connectivity index (χ1n) is 8.51. The van der Waals surface area contributed by atoms with Gasteiger partial charge in [-0.05, 0) is 12.1 Å². The van der Waals surface area contributed by atoms with Gasteiger partial charge in [0.2, 0.25) is 5.88 Å². The molecule has 0 aliphatic rings. The zero-order valence-electron chi connectivity index (χ0n) is 15.5. The number of hydrogen-bond acceptors (Lipinski definition) is 6. The summed E-state index contributed by atoms with van der Waals surface area (Å²) in [6.07, 6.45) is -2.01. The van der Waals surface area contributed by atoms with Crippen molar-refractivity contribution in [1.29, 1.82) is 0 Å². The Bertz CT molecular complexity index is 1270. The van der Waals surface area contributed by atoms with Crippen LogP contribution in [0.25, 0.3) is 11.0 Å². The quantitative estimate of drug-likeness (QED) is 0.420. The van der Waals surface area contributed by atoms with Crippen LogP contribution in [0.1, 0.15) is 5.69 Å². The lowest BCUT2D eigenvalue weighted by Gasteiger charge is -2.10. The number of fused-ring (bicyclic) bond motifs is 1. The van der Waals surface area contributed by atoms with Crippen molar-refractivity contribution in [2.75, 3.05) is 10.6 Å². The standard InChI is InChI=1S/C17H12F4N8O2/c1-29-13(5-12(28-29)17(19,20)21)26-16(30)25-8-2-3-11(10(18)4-8)31-15-9-6-24-27-14(9)22-7-23-15/h2-7H,1H3,(H2,25,26,30)(H,22,23,24,27). The van der Waals surface area contributed by atoms with Gasteiger partial charge in [0.25, 0.3) is 0 Å². The molecule has 3 heterocycles. The van der Waals surface area contributed by atoms with Gasteiger partial charge in [-0.3, -0.25) is 15.1 Å². The van der Waals surface area contributed by atoms with E-state index in [0.29, 0.717) is 17.1 Å². The third kappa shape index (κ3) is 4.22. The van der Waals surface area contributed by atoms with Crippen molar-refractivity contribution < 1.29 is 27.1 Å². The number of amides is 2. The van der Waals surface area contributed by atoms with Gasteiger partial charge in [-0.15, -0.1) is 0 Å². The van der Waals surface area contributed by atoms with E-state index in [-0.39, 0.29) is 23.1 Å². The minimum atomic E-state index is -4.65. The number of carbonyl (C=O) groups excluding carboxylic acids is 1. The Morgan fingerprint density at radius 2 is 2.00 bits per heavy atom. The summed E-state index contributed by atoms with van der Waals surface area (Å²) in [6, 6.07) is 3.37. The van der Waals surface area contributed by atoms with E-state index in [1.165, 1.54) is 31.7 Å². The molecule has 1 aromatic carbocycles. The predicted octanol–water partition coefficient (Wildman–Crippen LogP) is 3.68. The van der Waals surface area contributed by atoms with Crippen LogP contribution < -0.4 is 15.4 Å². The van der Waals surface area contributed by atoms with Gasteiger partial charge in [-0.1, -0.05) is 0 Å². The fourth-order valence-electron chi connectivity index (χ4n) is 2.59. The molecule has 4 rings (SSSR count). The number of benzene rings is 1. The van der Waals surface area contributed by atoms with Crippen molar-refractivity contribution in [3.63, 3.8) is 0 Å².